The van der Waals surface area contributed by atoms with Gasteiger partial charge in [0.25, 0.3) is 5.91 Å². The average molecular weight is 444 g/mol. The van der Waals surface area contributed by atoms with Gasteiger partial charge in [0, 0.05) is 6.20 Å². The quantitative estimate of drug-likeness (QED) is 0.315. The van der Waals surface area contributed by atoms with Crippen LogP contribution in [0, 0.1) is 12.8 Å². The molecule has 0 fully saturated rings. The number of aliphatic imine (C=N–C) groups is 1. The molecule has 0 aromatic carbocycles. The second-order valence-electron chi connectivity index (χ2n) is 7.07. The lowest BCUT2D eigenvalue weighted by molar-refractivity contribution is -0.135. The van der Waals surface area contributed by atoms with Crippen molar-refractivity contribution in [3.8, 4) is 0 Å². The monoisotopic (exact) mass is 444 g/mol. The van der Waals surface area contributed by atoms with Crippen LogP contribution in [0.25, 0.3) is 0 Å². The van der Waals surface area contributed by atoms with E-state index in [9.17, 15) is 24.1 Å². The first-order valence-corrected chi connectivity index (χ1v) is 10.6. The first kappa shape index (κ1) is 25.4. The van der Waals surface area contributed by atoms with Crippen LogP contribution in [0.3, 0.4) is 0 Å². The smallest absolute Gasteiger partial charge is 0.339 e. The Labute approximate surface area is 172 Å². The second-order valence-corrected chi connectivity index (χ2v) is 8.72. The highest BCUT2D eigenvalue weighted by atomic mass is 31.2. The SMILES string of the molecule is Cc1cnc(C2=NC(C)(C(C)C)C(=O)N2)c(C(=O)O)c1.O=C(O)CNCP(=O)(O)O. The molecule has 1 atom stereocenters. The minimum atomic E-state index is -4.10. The average Bonchev–Trinajstić information content (AvgIpc) is 2.90. The molecule has 0 bridgehead atoms. The molecule has 0 spiro atoms. The molecule has 1 aliphatic heterocycles. The number of aliphatic carboxylic acids is 1. The summed E-state index contributed by atoms with van der Waals surface area (Å²) in [5.74, 6) is -2.25. The van der Waals surface area contributed by atoms with Gasteiger partial charge in [-0.05, 0) is 31.4 Å². The summed E-state index contributed by atoms with van der Waals surface area (Å²) >= 11 is 0. The third-order valence-corrected chi connectivity index (χ3v) is 4.87. The van der Waals surface area contributed by atoms with Crippen molar-refractivity contribution in [3.05, 3.63) is 29.1 Å². The minimum absolute atomic E-state index is 0.00118. The number of aromatic nitrogens is 1. The van der Waals surface area contributed by atoms with Crippen LogP contribution in [0.15, 0.2) is 17.3 Å². The number of carboxylic acids is 2. The topological polar surface area (TPSA) is 199 Å². The maximum atomic E-state index is 12.1. The van der Waals surface area contributed by atoms with E-state index in [0.29, 0.717) is 0 Å². The summed E-state index contributed by atoms with van der Waals surface area (Å²) in [6, 6.07) is 1.52. The van der Waals surface area contributed by atoms with Gasteiger partial charge < -0.3 is 25.3 Å². The number of amidine groups is 1. The molecular formula is C17H25N4O8P. The van der Waals surface area contributed by atoms with Crippen molar-refractivity contribution in [2.24, 2.45) is 10.9 Å². The minimum Gasteiger partial charge on any atom is -0.480 e. The van der Waals surface area contributed by atoms with E-state index in [1.54, 1.807) is 20.0 Å². The van der Waals surface area contributed by atoms with Gasteiger partial charge in [0.15, 0.2) is 5.84 Å². The summed E-state index contributed by atoms with van der Waals surface area (Å²) in [4.78, 5) is 58.0. The number of pyridine rings is 1. The number of aryl methyl sites for hydroxylation is 1. The zero-order chi connectivity index (χ0) is 23.3. The van der Waals surface area contributed by atoms with Crippen LogP contribution in [0.4, 0.5) is 0 Å². The molecule has 0 saturated carbocycles. The van der Waals surface area contributed by atoms with E-state index in [0.717, 1.165) is 5.56 Å². The fraction of sp³-hybridized carbons (Fsp3) is 0.471. The van der Waals surface area contributed by atoms with Gasteiger partial charge in [-0.25, -0.2) is 9.79 Å². The third-order valence-electron chi connectivity index (χ3n) is 4.23. The Balaban J connectivity index is 0.000000382. The van der Waals surface area contributed by atoms with Crippen molar-refractivity contribution in [2.45, 2.75) is 33.2 Å². The Hall–Kier alpha value is -2.66. The number of hydrogen-bond acceptors (Lipinski definition) is 7. The van der Waals surface area contributed by atoms with Crippen LogP contribution < -0.4 is 10.6 Å². The van der Waals surface area contributed by atoms with Crippen LogP contribution in [0.1, 0.15) is 42.4 Å². The Morgan fingerprint density at radius 2 is 1.90 bits per heavy atom. The van der Waals surface area contributed by atoms with Crippen LogP contribution in [-0.2, 0) is 14.2 Å². The fourth-order valence-electron chi connectivity index (χ4n) is 2.28. The summed E-state index contributed by atoms with van der Waals surface area (Å²) in [5, 5.41) is 21.9. The molecule has 0 radical (unpaired) electrons. The highest BCUT2D eigenvalue weighted by Crippen LogP contribution is 2.31. The standard InChI is InChI=1S/C14H17N3O3.C3H8NO5P/c1-7(2)14(4)13(20)16-11(17-14)10-9(12(18)19)5-8(3)6-15-10;5-3(6)1-4-2-10(7,8)9/h5-7H,1-4H3,(H,18,19)(H,16,17,20);4H,1-2H2,(H,5,6)(H2,7,8,9). The predicted octanol–water partition coefficient (Wildman–Crippen LogP) is 0.175. The van der Waals surface area contributed by atoms with E-state index >= 15 is 0 Å². The highest BCUT2D eigenvalue weighted by molar-refractivity contribution is 7.51. The first-order valence-electron chi connectivity index (χ1n) is 8.76. The van der Waals surface area contributed by atoms with Crippen molar-refractivity contribution in [1.82, 2.24) is 15.6 Å². The summed E-state index contributed by atoms with van der Waals surface area (Å²) in [7, 11) is -4.10. The number of carbonyl (C=O) groups is 3. The molecule has 2 rings (SSSR count). The summed E-state index contributed by atoms with van der Waals surface area (Å²) in [5.41, 5.74) is 0.0816. The molecule has 1 aromatic heterocycles. The number of hydrogen-bond donors (Lipinski definition) is 6. The molecule has 1 aromatic rings. The van der Waals surface area contributed by atoms with E-state index in [-0.39, 0.29) is 28.9 Å². The maximum absolute atomic E-state index is 12.1. The normalized spacial score (nSPS) is 18.4. The van der Waals surface area contributed by atoms with E-state index in [2.05, 4.69) is 20.6 Å². The first-order chi connectivity index (χ1) is 13.7. The molecule has 0 saturated heterocycles. The molecule has 12 nitrogen and oxygen atoms in total. The van der Waals surface area contributed by atoms with Gasteiger partial charge in [0.05, 0.1) is 18.4 Å². The molecule has 13 heteroatoms. The lowest BCUT2D eigenvalue weighted by atomic mass is 9.89. The largest absolute Gasteiger partial charge is 0.480 e. The van der Waals surface area contributed by atoms with Gasteiger partial charge in [-0.3, -0.25) is 24.5 Å². The summed E-state index contributed by atoms with van der Waals surface area (Å²) in [6.07, 6.45) is 0.959. The Bertz CT molecular complexity index is 911. The van der Waals surface area contributed by atoms with Crippen molar-refractivity contribution in [1.29, 1.82) is 0 Å². The number of carbonyl (C=O) groups excluding carboxylic acids is 1. The number of amides is 1. The van der Waals surface area contributed by atoms with E-state index < -0.39 is 37.9 Å². The van der Waals surface area contributed by atoms with E-state index in [1.165, 1.54) is 6.07 Å². The van der Waals surface area contributed by atoms with Crippen LogP contribution in [0.2, 0.25) is 0 Å². The molecule has 0 aliphatic carbocycles. The Morgan fingerprint density at radius 3 is 2.33 bits per heavy atom. The van der Waals surface area contributed by atoms with Gasteiger partial charge >= 0.3 is 19.5 Å². The summed E-state index contributed by atoms with van der Waals surface area (Å²) < 4.78 is 10.1. The molecule has 30 heavy (non-hydrogen) atoms. The molecule has 1 amide bonds. The molecule has 6 N–H and O–H groups in total. The number of nitrogens with one attached hydrogen (secondary N) is 2. The maximum Gasteiger partial charge on any atom is 0.339 e. The highest BCUT2D eigenvalue weighted by Gasteiger charge is 2.43. The van der Waals surface area contributed by atoms with Gasteiger partial charge in [-0.15, -0.1) is 0 Å². The fourth-order valence-corrected chi connectivity index (χ4v) is 2.68. The van der Waals surface area contributed by atoms with Gasteiger partial charge in [-0.1, -0.05) is 13.8 Å². The van der Waals surface area contributed by atoms with Crippen molar-refractivity contribution in [2.75, 3.05) is 12.8 Å². The number of nitrogens with zero attached hydrogens (tertiary/aromatic N) is 2. The lowest BCUT2D eigenvalue weighted by Gasteiger charge is -2.21. The molecule has 1 unspecified atom stereocenters. The molecular weight excluding hydrogens is 419 g/mol. The van der Waals surface area contributed by atoms with Crippen LogP contribution >= 0.6 is 7.60 Å². The third kappa shape index (κ3) is 6.99. The predicted molar refractivity (Wildman–Crippen MR) is 106 cm³/mol. The zero-order valence-corrected chi connectivity index (χ0v) is 17.8. The van der Waals surface area contributed by atoms with Crippen LogP contribution in [0.5, 0.6) is 0 Å². The number of rotatable bonds is 7. The lowest BCUT2D eigenvalue weighted by Crippen LogP contribution is -2.41. The number of aromatic carboxylic acids is 1. The second kappa shape index (κ2) is 9.90. The van der Waals surface area contributed by atoms with Crippen LogP contribution in [-0.4, -0.2) is 67.0 Å². The number of carboxylic acid groups (broad SMARTS) is 2. The molecule has 166 valence electrons. The van der Waals surface area contributed by atoms with Gasteiger partial charge in [-0.2, -0.15) is 0 Å². The van der Waals surface area contributed by atoms with Crippen molar-refractivity contribution < 1.29 is 38.9 Å². The Morgan fingerprint density at radius 1 is 1.30 bits per heavy atom. The van der Waals surface area contributed by atoms with Gasteiger partial charge in [0.1, 0.15) is 11.2 Å². The van der Waals surface area contributed by atoms with E-state index in [1.807, 2.05) is 13.8 Å². The summed E-state index contributed by atoms with van der Waals surface area (Å²) in [6.45, 7) is 6.84. The van der Waals surface area contributed by atoms with Gasteiger partial charge in [0.2, 0.25) is 0 Å². The van der Waals surface area contributed by atoms with Crippen molar-refractivity contribution in [3.63, 3.8) is 0 Å². The molecule has 2 heterocycles. The Kier molecular flexibility index (Phi) is 8.37. The molecule has 1 aliphatic rings. The zero-order valence-electron chi connectivity index (χ0n) is 16.9. The van der Waals surface area contributed by atoms with E-state index in [4.69, 9.17) is 14.9 Å². The van der Waals surface area contributed by atoms with Crippen molar-refractivity contribution >= 4 is 31.3 Å².